The fourth-order valence-corrected chi connectivity index (χ4v) is 3.34. The Bertz CT molecular complexity index is 519. The molecule has 4 nitrogen and oxygen atoms in total. The SMILES string of the molecule is CCNC(=NCC1CCCN1Cc1ccccc1)NC1CC1C.I. The minimum absolute atomic E-state index is 0. The van der Waals surface area contributed by atoms with Crippen LogP contribution >= 0.6 is 24.0 Å². The van der Waals surface area contributed by atoms with Crippen molar-refractivity contribution in [2.24, 2.45) is 10.9 Å². The van der Waals surface area contributed by atoms with Gasteiger partial charge in [0, 0.05) is 25.2 Å². The van der Waals surface area contributed by atoms with Crippen molar-refractivity contribution in [2.75, 3.05) is 19.6 Å². The molecule has 24 heavy (non-hydrogen) atoms. The molecule has 1 heterocycles. The molecule has 0 amide bonds. The number of halogens is 1. The lowest BCUT2D eigenvalue weighted by molar-refractivity contribution is 0.250. The zero-order valence-corrected chi connectivity index (χ0v) is 17.2. The third kappa shape index (κ3) is 5.62. The van der Waals surface area contributed by atoms with E-state index in [0.717, 1.165) is 31.5 Å². The second kappa shape index (κ2) is 9.61. The number of rotatable bonds is 6. The zero-order chi connectivity index (χ0) is 16.1. The van der Waals surface area contributed by atoms with Crippen molar-refractivity contribution < 1.29 is 0 Å². The minimum Gasteiger partial charge on any atom is -0.357 e. The topological polar surface area (TPSA) is 39.7 Å². The summed E-state index contributed by atoms with van der Waals surface area (Å²) in [5, 5.41) is 6.93. The number of hydrogen-bond acceptors (Lipinski definition) is 2. The van der Waals surface area contributed by atoms with Crippen LogP contribution in [0.15, 0.2) is 35.3 Å². The van der Waals surface area contributed by atoms with E-state index in [0.29, 0.717) is 12.1 Å². The van der Waals surface area contributed by atoms with Gasteiger partial charge in [0.1, 0.15) is 0 Å². The van der Waals surface area contributed by atoms with Crippen LogP contribution in [-0.2, 0) is 6.54 Å². The number of nitrogens with zero attached hydrogens (tertiary/aromatic N) is 2. The summed E-state index contributed by atoms with van der Waals surface area (Å²) in [7, 11) is 0. The van der Waals surface area contributed by atoms with Crippen LogP contribution in [0.3, 0.4) is 0 Å². The van der Waals surface area contributed by atoms with Crippen LogP contribution in [0, 0.1) is 5.92 Å². The van der Waals surface area contributed by atoms with E-state index >= 15 is 0 Å². The summed E-state index contributed by atoms with van der Waals surface area (Å²) >= 11 is 0. The van der Waals surface area contributed by atoms with Crippen molar-refractivity contribution in [3.63, 3.8) is 0 Å². The van der Waals surface area contributed by atoms with Crippen LogP contribution in [-0.4, -0.2) is 42.6 Å². The molecular weight excluding hydrogens is 411 g/mol. The van der Waals surface area contributed by atoms with Crippen LogP contribution in [0.25, 0.3) is 0 Å². The maximum Gasteiger partial charge on any atom is 0.191 e. The van der Waals surface area contributed by atoms with E-state index in [2.05, 4.69) is 59.7 Å². The summed E-state index contributed by atoms with van der Waals surface area (Å²) in [6.07, 6.45) is 3.82. The third-order valence-electron chi connectivity index (χ3n) is 4.96. The van der Waals surface area contributed by atoms with Gasteiger partial charge in [-0.05, 0) is 44.2 Å². The van der Waals surface area contributed by atoms with Crippen molar-refractivity contribution in [1.29, 1.82) is 0 Å². The monoisotopic (exact) mass is 442 g/mol. The second-order valence-corrected chi connectivity index (χ2v) is 6.94. The Kier molecular flexibility index (Phi) is 7.81. The van der Waals surface area contributed by atoms with Crippen molar-refractivity contribution in [3.05, 3.63) is 35.9 Å². The lowest BCUT2D eigenvalue weighted by Crippen LogP contribution is -2.40. The van der Waals surface area contributed by atoms with E-state index in [1.807, 2.05) is 0 Å². The van der Waals surface area contributed by atoms with E-state index in [-0.39, 0.29) is 24.0 Å². The van der Waals surface area contributed by atoms with E-state index < -0.39 is 0 Å². The van der Waals surface area contributed by atoms with Gasteiger partial charge in [-0.2, -0.15) is 0 Å². The highest BCUT2D eigenvalue weighted by Gasteiger charge is 2.33. The van der Waals surface area contributed by atoms with Gasteiger partial charge >= 0.3 is 0 Å². The molecule has 3 unspecified atom stereocenters. The summed E-state index contributed by atoms with van der Waals surface area (Å²) in [6, 6.07) is 12.0. The Morgan fingerprint density at radius 2 is 2.04 bits per heavy atom. The standard InChI is InChI=1S/C19H30N4.HI/c1-3-20-19(22-18-12-15(18)2)21-13-17-10-7-11-23(17)14-16-8-5-4-6-9-16;/h4-6,8-9,15,17-18H,3,7,10-14H2,1-2H3,(H2,20,21,22);1H. The molecule has 2 N–H and O–H groups in total. The molecule has 1 aliphatic carbocycles. The van der Waals surface area contributed by atoms with Crippen LogP contribution in [0.5, 0.6) is 0 Å². The lowest BCUT2D eigenvalue weighted by Gasteiger charge is -2.23. The van der Waals surface area contributed by atoms with Gasteiger partial charge in [-0.1, -0.05) is 37.3 Å². The molecule has 0 spiro atoms. The first kappa shape index (κ1) is 19.5. The van der Waals surface area contributed by atoms with Gasteiger partial charge in [0.25, 0.3) is 0 Å². The van der Waals surface area contributed by atoms with Crippen LogP contribution in [0.2, 0.25) is 0 Å². The average Bonchev–Trinajstić information content (AvgIpc) is 3.07. The minimum atomic E-state index is 0. The Balaban J connectivity index is 0.00000208. The highest BCUT2D eigenvalue weighted by atomic mass is 127. The van der Waals surface area contributed by atoms with Crippen molar-refractivity contribution in [3.8, 4) is 0 Å². The highest BCUT2D eigenvalue weighted by Crippen LogP contribution is 2.28. The van der Waals surface area contributed by atoms with E-state index in [4.69, 9.17) is 4.99 Å². The van der Waals surface area contributed by atoms with E-state index in [1.54, 1.807) is 0 Å². The quantitative estimate of drug-likeness (QED) is 0.404. The Morgan fingerprint density at radius 3 is 2.71 bits per heavy atom. The third-order valence-corrected chi connectivity index (χ3v) is 4.96. The van der Waals surface area contributed by atoms with Gasteiger partial charge < -0.3 is 10.6 Å². The fraction of sp³-hybridized carbons (Fsp3) is 0.632. The first-order valence-electron chi connectivity index (χ1n) is 9.09. The van der Waals surface area contributed by atoms with Crippen molar-refractivity contribution in [2.45, 2.75) is 51.7 Å². The number of aliphatic imine (C=N–C) groups is 1. The van der Waals surface area contributed by atoms with E-state index in [9.17, 15) is 0 Å². The Labute approximate surface area is 163 Å². The Morgan fingerprint density at radius 1 is 1.29 bits per heavy atom. The van der Waals surface area contributed by atoms with Gasteiger partial charge in [-0.25, -0.2) is 0 Å². The summed E-state index contributed by atoms with van der Waals surface area (Å²) < 4.78 is 0. The molecule has 3 atom stereocenters. The number of likely N-dealkylation sites (tertiary alicyclic amines) is 1. The number of benzene rings is 1. The number of guanidine groups is 1. The van der Waals surface area contributed by atoms with Crippen molar-refractivity contribution >= 4 is 29.9 Å². The van der Waals surface area contributed by atoms with Crippen LogP contribution < -0.4 is 10.6 Å². The van der Waals surface area contributed by atoms with Gasteiger partial charge in [0.2, 0.25) is 0 Å². The fourth-order valence-electron chi connectivity index (χ4n) is 3.34. The number of nitrogens with one attached hydrogen (secondary N) is 2. The van der Waals surface area contributed by atoms with E-state index in [1.165, 1.54) is 31.4 Å². The molecule has 1 aliphatic heterocycles. The van der Waals surface area contributed by atoms with Gasteiger partial charge in [-0.3, -0.25) is 9.89 Å². The smallest absolute Gasteiger partial charge is 0.191 e. The second-order valence-electron chi connectivity index (χ2n) is 6.94. The van der Waals surface area contributed by atoms with Crippen LogP contribution in [0.4, 0.5) is 0 Å². The molecule has 2 fully saturated rings. The molecule has 1 aromatic rings. The van der Waals surface area contributed by atoms with Crippen molar-refractivity contribution in [1.82, 2.24) is 15.5 Å². The normalized spacial score (nSPS) is 26.8. The average molecular weight is 442 g/mol. The summed E-state index contributed by atoms with van der Waals surface area (Å²) in [4.78, 5) is 7.44. The zero-order valence-electron chi connectivity index (χ0n) is 14.9. The molecule has 1 saturated carbocycles. The number of hydrogen-bond donors (Lipinski definition) is 2. The summed E-state index contributed by atoms with van der Waals surface area (Å²) in [5.41, 5.74) is 1.40. The highest BCUT2D eigenvalue weighted by molar-refractivity contribution is 14.0. The van der Waals surface area contributed by atoms with Gasteiger partial charge in [0.15, 0.2) is 5.96 Å². The van der Waals surface area contributed by atoms with Gasteiger partial charge in [0.05, 0.1) is 6.54 Å². The first-order valence-corrected chi connectivity index (χ1v) is 9.09. The Hall–Kier alpha value is -0.820. The molecule has 0 radical (unpaired) electrons. The molecule has 1 saturated heterocycles. The predicted molar refractivity (Wildman–Crippen MR) is 112 cm³/mol. The molecule has 1 aromatic carbocycles. The summed E-state index contributed by atoms with van der Waals surface area (Å²) in [5.74, 6) is 1.79. The molecule has 0 bridgehead atoms. The molecular formula is C19H31IN4. The van der Waals surface area contributed by atoms with Gasteiger partial charge in [-0.15, -0.1) is 24.0 Å². The predicted octanol–water partition coefficient (Wildman–Crippen LogP) is 3.23. The maximum absolute atomic E-state index is 4.85. The molecule has 0 aromatic heterocycles. The summed E-state index contributed by atoms with van der Waals surface area (Å²) in [6.45, 7) is 8.47. The molecule has 5 heteroatoms. The maximum atomic E-state index is 4.85. The molecule has 2 aliphatic rings. The first-order chi connectivity index (χ1) is 11.3. The molecule has 134 valence electrons. The lowest BCUT2D eigenvalue weighted by atomic mass is 10.2. The largest absolute Gasteiger partial charge is 0.357 e. The molecule has 3 rings (SSSR count). The van der Waals surface area contributed by atoms with Crippen LogP contribution in [0.1, 0.15) is 38.7 Å².